The van der Waals surface area contributed by atoms with Crippen LogP contribution >= 0.6 is 0 Å². The monoisotopic (exact) mass is 241 g/mol. The molecule has 0 spiro atoms. The van der Waals surface area contributed by atoms with Crippen LogP contribution in [0.15, 0.2) is 30.5 Å². The lowest BCUT2D eigenvalue weighted by Gasteiger charge is -2.35. The molecule has 0 radical (unpaired) electrons. The molecule has 2 fully saturated rings. The summed E-state index contributed by atoms with van der Waals surface area (Å²) in [6, 6.07) is 4.44. The topological polar surface area (TPSA) is 12.9 Å². The maximum absolute atomic E-state index is 4.49. The van der Waals surface area contributed by atoms with E-state index in [1.165, 1.54) is 24.0 Å². The van der Waals surface area contributed by atoms with Gasteiger partial charge in [0.15, 0.2) is 0 Å². The number of pyridine rings is 1. The highest BCUT2D eigenvalue weighted by Crippen LogP contribution is 2.60. The van der Waals surface area contributed by atoms with Crippen molar-refractivity contribution >= 4 is 0 Å². The highest BCUT2D eigenvalue weighted by atomic mass is 14.7. The van der Waals surface area contributed by atoms with Crippen LogP contribution in [-0.2, 0) is 0 Å². The van der Waals surface area contributed by atoms with Gasteiger partial charge in [-0.3, -0.25) is 4.98 Å². The maximum atomic E-state index is 4.49. The molecule has 2 bridgehead atoms. The lowest BCUT2D eigenvalue weighted by atomic mass is 9.69. The van der Waals surface area contributed by atoms with E-state index in [1.54, 1.807) is 0 Å². The predicted octanol–water partition coefficient (Wildman–Crippen LogP) is 4.34. The van der Waals surface area contributed by atoms with Crippen molar-refractivity contribution in [1.29, 1.82) is 0 Å². The molecule has 18 heavy (non-hydrogen) atoms. The van der Waals surface area contributed by atoms with Gasteiger partial charge in [-0.1, -0.05) is 25.1 Å². The van der Waals surface area contributed by atoms with Gasteiger partial charge in [-0.25, -0.2) is 0 Å². The minimum absolute atomic E-state index is 0.678. The SMILES string of the molecule is C=C(C)C1C2CC(CC2C)C1c1ccc(C)nc1. The summed E-state index contributed by atoms with van der Waals surface area (Å²) in [5, 5.41) is 0. The fourth-order valence-electron chi connectivity index (χ4n) is 4.51. The Morgan fingerprint density at radius 2 is 2.11 bits per heavy atom. The van der Waals surface area contributed by atoms with Gasteiger partial charge in [-0.2, -0.15) is 0 Å². The third-order valence-electron chi connectivity index (χ3n) is 5.22. The number of aryl methyl sites for hydroxylation is 1. The number of aromatic nitrogens is 1. The second-order valence-corrected chi connectivity index (χ2v) is 6.50. The van der Waals surface area contributed by atoms with Crippen molar-refractivity contribution < 1.29 is 0 Å². The Kier molecular flexibility index (Phi) is 2.80. The van der Waals surface area contributed by atoms with Gasteiger partial charge in [0.2, 0.25) is 0 Å². The van der Waals surface area contributed by atoms with E-state index < -0.39 is 0 Å². The van der Waals surface area contributed by atoms with Gasteiger partial charge in [0.1, 0.15) is 0 Å². The first-order valence-corrected chi connectivity index (χ1v) is 7.16. The highest BCUT2D eigenvalue weighted by molar-refractivity contribution is 5.27. The molecule has 2 saturated carbocycles. The molecule has 1 aromatic rings. The normalized spacial score (nSPS) is 38.1. The summed E-state index contributed by atoms with van der Waals surface area (Å²) in [7, 11) is 0. The summed E-state index contributed by atoms with van der Waals surface area (Å²) in [5.74, 6) is 3.96. The molecule has 1 heteroatoms. The fraction of sp³-hybridized carbons (Fsp3) is 0.588. The van der Waals surface area contributed by atoms with E-state index >= 15 is 0 Å². The van der Waals surface area contributed by atoms with Crippen LogP contribution < -0.4 is 0 Å². The molecular formula is C17H23N. The quantitative estimate of drug-likeness (QED) is 0.702. The van der Waals surface area contributed by atoms with E-state index in [9.17, 15) is 0 Å². The van der Waals surface area contributed by atoms with Gasteiger partial charge in [0, 0.05) is 11.9 Å². The van der Waals surface area contributed by atoms with Gasteiger partial charge in [0.25, 0.3) is 0 Å². The van der Waals surface area contributed by atoms with Crippen LogP contribution in [0.1, 0.15) is 43.9 Å². The van der Waals surface area contributed by atoms with Crippen molar-refractivity contribution in [3.63, 3.8) is 0 Å². The lowest BCUT2D eigenvalue weighted by Crippen LogP contribution is -2.26. The molecule has 2 aliphatic rings. The Labute approximate surface area is 110 Å². The van der Waals surface area contributed by atoms with Crippen molar-refractivity contribution in [1.82, 2.24) is 4.98 Å². The molecule has 1 heterocycles. The van der Waals surface area contributed by atoms with E-state index in [-0.39, 0.29) is 0 Å². The second-order valence-electron chi connectivity index (χ2n) is 6.50. The molecule has 96 valence electrons. The van der Waals surface area contributed by atoms with E-state index in [1.807, 2.05) is 0 Å². The Hall–Kier alpha value is -1.11. The van der Waals surface area contributed by atoms with Gasteiger partial charge in [-0.15, -0.1) is 0 Å². The van der Waals surface area contributed by atoms with E-state index in [4.69, 9.17) is 0 Å². The second kappa shape index (κ2) is 4.22. The summed E-state index contributed by atoms with van der Waals surface area (Å²) in [4.78, 5) is 4.49. The van der Waals surface area contributed by atoms with Crippen LogP contribution in [0.2, 0.25) is 0 Å². The average Bonchev–Trinajstić information content (AvgIpc) is 2.86. The molecular weight excluding hydrogens is 218 g/mol. The van der Waals surface area contributed by atoms with Crippen LogP contribution in [-0.4, -0.2) is 4.98 Å². The smallest absolute Gasteiger partial charge is 0.0372 e. The van der Waals surface area contributed by atoms with E-state index in [0.29, 0.717) is 11.8 Å². The zero-order valence-electron chi connectivity index (χ0n) is 11.7. The molecule has 2 aliphatic carbocycles. The average molecular weight is 241 g/mol. The van der Waals surface area contributed by atoms with Gasteiger partial charge >= 0.3 is 0 Å². The summed E-state index contributed by atoms with van der Waals surface area (Å²) in [5.41, 5.74) is 3.93. The van der Waals surface area contributed by atoms with E-state index in [0.717, 1.165) is 23.4 Å². The molecule has 1 aromatic heterocycles. The molecule has 3 rings (SSSR count). The first kappa shape index (κ1) is 12.0. The Morgan fingerprint density at radius 3 is 2.72 bits per heavy atom. The largest absolute Gasteiger partial charge is 0.261 e. The van der Waals surface area contributed by atoms with Crippen LogP contribution in [0.5, 0.6) is 0 Å². The van der Waals surface area contributed by atoms with Crippen molar-refractivity contribution in [2.75, 3.05) is 0 Å². The Balaban J connectivity index is 1.96. The van der Waals surface area contributed by atoms with Gasteiger partial charge in [-0.05, 0) is 67.9 Å². The number of allylic oxidation sites excluding steroid dienone is 1. The van der Waals surface area contributed by atoms with Crippen molar-refractivity contribution in [2.24, 2.45) is 23.7 Å². The molecule has 5 atom stereocenters. The predicted molar refractivity (Wildman–Crippen MR) is 75.4 cm³/mol. The maximum Gasteiger partial charge on any atom is 0.0372 e. The zero-order chi connectivity index (χ0) is 12.9. The van der Waals surface area contributed by atoms with Crippen molar-refractivity contribution in [3.05, 3.63) is 41.7 Å². The summed E-state index contributed by atoms with van der Waals surface area (Å²) < 4.78 is 0. The summed E-state index contributed by atoms with van der Waals surface area (Å²) in [6.07, 6.45) is 4.89. The number of hydrogen-bond donors (Lipinski definition) is 0. The van der Waals surface area contributed by atoms with Gasteiger partial charge in [0.05, 0.1) is 0 Å². The standard InChI is InChI=1S/C17H23N/c1-10(2)16-15-8-14(7-11(15)3)17(16)13-6-5-12(4)18-9-13/h5-6,9,11,14-17H,1,7-8H2,2-4H3. The van der Waals surface area contributed by atoms with Crippen LogP contribution in [0.25, 0.3) is 0 Å². The molecule has 5 unspecified atom stereocenters. The zero-order valence-corrected chi connectivity index (χ0v) is 11.7. The molecule has 0 saturated heterocycles. The Morgan fingerprint density at radius 1 is 1.33 bits per heavy atom. The van der Waals surface area contributed by atoms with Crippen molar-refractivity contribution in [2.45, 2.75) is 39.5 Å². The minimum atomic E-state index is 0.678. The lowest BCUT2D eigenvalue weighted by molar-refractivity contribution is 0.253. The number of fused-ring (bicyclic) bond motifs is 2. The Bertz CT molecular complexity index is 459. The van der Waals surface area contributed by atoms with Crippen molar-refractivity contribution in [3.8, 4) is 0 Å². The van der Waals surface area contributed by atoms with E-state index in [2.05, 4.69) is 50.7 Å². The first-order valence-electron chi connectivity index (χ1n) is 7.16. The third kappa shape index (κ3) is 1.72. The molecule has 1 nitrogen and oxygen atoms in total. The van der Waals surface area contributed by atoms with Crippen LogP contribution in [0.3, 0.4) is 0 Å². The molecule has 0 aliphatic heterocycles. The highest BCUT2D eigenvalue weighted by Gasteiger charge is 2.51. The molecule has 0 amide bonds. The molecule has 0 aromatic carbocycles. The van der Waals surface area contributed by atoms with Crippen LogP contribution in [0.4, 0.5) is 0 Å². The summed E-state index contributed by atoms with van der Waals surface area (Å²) in [6.45, 7) is 11.0. The van der Waals surface area contributed by atoms with Gasteiger partial charge < -0.3 is 0 Å². The number of rotatable bonds is 2. The fourth-order valence-corrected chi connectivity index (χ4v) is 4.51. The van der Waals surface area contributed by atoms with Crippen LogP contribution in [0, 0.1) is 30.6 Å². The third-order valence-corrected chi connectivity index (χ3v) is 5.22. The minimum Gasteiger partial charge on any atom is -0.261 e. The number of nitrogens with zero attached hydrogens (tertiary/aromatic N) is 1. The first-order chi connectivity index (χ1) is 8.58. The number of hydrogen-bond acceptors (Lipinski definition) is 1. The summed E-state index contributed by atoms with van der Waals surface area (Å²) >= 11 is 0. The molecule has 0 N–H and O–H groups in total.